The van der Waals surface area contributed by atoms with Gasteiger partial charge in [0.25, 0.3) is 0 Å². The molecule has 3 aliphatic rings. The zero-order chi connectivity index (χ0) is 15.8. The minimum atomic E-state index is 0.0643. The normalized spacial score (nSPS) is 39.3. The molecule has 0 aliphatic heterocycles. The van der Waals surface area contributed by atoms with E-state index in [-0.39, 0.29) is 16.7 Å². The molecule has 0 N–H and O–H groups in total. The lowest BCUT2D eigenvalue weighted by atomic mass is 9.64. The first-order chi connectivity index (χ1) is 11.1. The Kier molecular flexibility index (Phi) is 2.44. The van der Waals surface area contributed by atoms with Gasteiger partial charge in [0, 0.05) is 17.8 Å². The van der Waals surface area contributed by atoms with Gasteiger partial charge < -0.3 is 0 Å². The molecular formula is C22H22O. The Morgan fingerprint density at radius 1 is 0.870 bits per heavy atom. The van der Waals surface area contributed by atoms with Crippen LogP contribution in [0.3, 0.4) is 0 Å². The molecule has 3 fully saturated rings. The van der Waals surface area contributed by atoms with Crippen LogP contribution in [0.5, 0.6) is 0 Å². The SMILES string of the molecule is CC1(C)[C@H](c2ccccc2)[C@@H]2CC(=O)[C@@H]3[C@H]2[C@]31c1ccccc1. The van der Waals surface area contributed by atoms with Crippen molar-refractivity contribution in [1.82, 2.24) is 0 Å². The van der Waals surface area contributed by atoms with E-state index in [1.54, 1.807) is 0 Å². The van der Waals surface area contributed by atoms with Crippen LogP contribution in [0.15, 0.2) is 60.7 Å². The number of ketones is 1. The van der Waals surface area contributed by atoms with E-state index in [2.05, 4.69) is 74.5 Å². The van der Waals surface area contributed by atoms with Crippen LogP contribution < -0.4 is 0 Å². The molecule has 0 spiro atoms. The van der Waals surface area contributed by atoms with Gasteiger partial charge >= 0.3 is 0 Å². The van der Waals surface area contributed by atoms with E-state index in [4.69, 9.17) is 0 Å². The molecule has 2 aromatic rings. The minimum absolute atomic E-state index is 0.0643. The Bertz CT molecular complexity index is 776. The highest BCUT2D eigenvalue weighted by atomic mass is 16.1. The Hall–Kier alpha value is -1.89. The number of fused-ring (bicyclic) bond motifs is 1. The summed E-state index contributed by atoms with van der Waals surface area (Å²) in [6.45, 7) is 4.81. The van der Waals surface area contributed by atoms with Crippen molar-refractivity contribution in [3.8, 4) is 0 Å². The van der Waals surface area contributed by atoms with Gasteiger partial charge in [-0.15, -0.1) is 0 Å². The number of carbonyl (C=O) groups is 1. The highest BCUT2D eigenvalue weighted by molar-refractivity contribution is 5.92. The van der Waals surface area contributed by atoms with E-state index in [0.717, 1.165) is 6.42 Å². The van der Waals surface area contributed by atoms with Gasteiger partial charge in [-0.3, -0.25) is 4.79 Å². The smallest absolute Gasteiger partial charge is 0.137 e. The van der Waals surface area contributed by atoms with Gasteiger partial charge in [-0.25, -0.2) is 0 Å². The van der Waals surface area contributed by atoms with Crippen molar-refractivity contribution in [2.24, 2.45) is 23.2 Å². The largest absolute Gasteiger partial charge is 0.299 e. The van der Waals surface area contributed by atoms with Gasteiger partial charge in [-0.2, -0.15) is 0 Å². The predicted octanol–water partition coefficient (Wildman–Crippen LogP) is 4.58. The zero-order valence-electron chi connectivity index (χ0n) is 13.7. The molecular weight excluding hydrogens is 280 g/mol. The molecule has 0 unspecified atom stereocenters. The van der Waals surface area contributed by atoms with E-state index in [0.29, 0.717) is 23.5 Å². The van der Waals surface area contributed by atoms with Crippen molar-refractivity contribution in [1.29, 1.82) is 0 Å². The van der Waals surface area contributed by atoms with Gasteiger partial charge in [0.05, 0.1) is 0 Å². The third-order valence-corrected chi connectivity index (χ3v) is 7.19. The van der Waals surface area contributed by atoms with Gasteiger partial charge in [0.2, 0.25) is 0 Å². The minimum Gasteiger partial charge on any atom is -0.299 e. The molecule has 0 radical (unpaired) electrons. The predicted molar refractivity (Wildman–Crippen MR) is 91.2 cm³/mol. The first kappa shape index (κ1) is 13.5. The molecule has 23 heavy (non-hydrogen) atoms. The number of rotatable bonds is 2. The molecule has 0 saturated heterocycles. The van der Waals surface area contributed by atoms with Crippen molar-refractivity contribution in [3.05, 3.63) is 71.8 Å². The standard InChI is InChI=1S/C22H22O/c1-21(2)18(14-9-5-3-6-10-14)16-13-17(23)20-19(16)22(20,21)15-11-7-4-8-12-15/h3-12,16,18-20H,13H2,1-2H3/t16-,18+,19-,20+,22+/m0/s1. The topological polar surface area (TPSA) is 17.1 Å². The second kappa shape index (κ2) is 4.14. The number of Topliss-reactive ketones (excluding diaryl/α,β-unsaturated/α-hetero) is 1. The maximum Gasteiger partial charge on any atom is 0.137 e. The van der Waals surface area contributed by atoms with Gasteiger partial charge in [-0.1, -0.05) is 74.5 Å². The molecule has 0 heterocycles. The third kappa shape index (κ3) is 1.38. The summed E-state index contributed by atoms with van der Waals surface area (Å²) in [7, 11) is 0. The Balaban J connectivity index is 1.71. The lowest BCUT2D eigenvalue weighted by molar-refractivity contribution is -0.119. The zero-order valence-corrected chi connectivity index (χ0v) is 13.7. The van der Waals surface area contributed by atoms with Crippen LogP contribution in [-0.2, 0) is 10.2 Å². The summed E-state index contributed by atoms with van der Waals surface area (Å²) in [6, 6.07) is 21.7. The molecule has 1 nitrogen and oxygen atoms in total. The highest BCUT2D eigenvalue weighted by Gasteiger charge is 2.85. The summed E-state index contributed by atoms with van der Waals surface area (Å²) < 4.78 is 0. The van der Waals surface area contributed by atoms with Crippen molar-refractivity contribution >= 4 is 5.78 Å². The monoisotopic (exact) mass is 302 g/mol. The number of benzene rings is 2. The van der Waals surface area contributed by atoms with Crippen LogP contribution >= 0.6 is 0 Å². The van der Waals surface area contributed by atoms with Crippen molar-refractivity contribution in [3.63, 3.8) is 0 Å². The Morgan fingerprint density at radius 2 is 1.48 bits per heavy atom. The lowest BCUT2D eigenvalue weighted by Gasteiger charge is -2.39. The van der Waals surface area contributed by atoms with Crippen LogP contribution in [-0.4, -0.2) is 5.78 Å². The van der Waals surface area contributed by atoms with Crippen LogP contribution in [0.25, 0.3) is 0 Å². The summed E-state index contributed by atoms with van der Waals surface area (Å²) in [5.74, 6) is 2.33. The fraction of sp³-hybridized carbons (Fsp3) is 0.409. The van der Waals surface area contributed by atoms with E-state index < -0.39 is 0 Å². The molecule has 0 bridgehead atoms. The average molecular weight is 302 g/mol. The van der Waals surface area contributed by atoms with E-state index in [1.165, 1.54) is 11.1 Å². The Morgan fingerprint density at radius 3 is 2.13 bits per heavy atom. The molecule has 5 atom stereocenters. The van der Waals surface area contributed by atoms with Gasteiger partial charge in [0.15, 0.2) is 0 Å². The molecule has 1 heteroatoms. The average Bonchev–Trinajstić information content (AvgIpc) is 3.13. The van der Waals surface area contributed by atoms with Crippen LogP contribution in [0, 0.1) is 23.2 Å². The van der Waals surface area contributed by atoms with Crippen LogP contribution in [0.4, 0.5) is 0 Å². The van der Waals surface area contributed by atoms with Gasteiger partial charge in [0.1, 0.15) is 5.78 Å². The molecule has 3 aliphatic carbocycles. The molecule has 0 aromatic heterocycles. The third-order valence-electron chi connectivity index (χ3n) is 7.19. The fourth-order valence-electron chi connectivity index (χ4n) is 6.67. The quantitative estimate of drug-likeness (QED) is 0.793. The highest BCUT2D eigenvalue weighted by Crippen LogP contribution is 2.85. The second-order valence-electron chi connectivity index (χ2n) is 8.18. The van der Waals surface area contributed by atoms with Crippen LogP contribution in [0.1, 0.15) is 37.3 Å². The summed E-state index contributed by atoms with van der Waals surface area (Å²) in [5, 5.41) is 0. The van der Waals surface area contributed by atoms with Crippen LogP contribution in [0.2, 0.25) is 0 Å². The number of hydrogen-bond donors (Lipinski definition) is 0. The summed E-state index contributed by atoms with van der Waals surface area (Å²) in [4.78, 5) is 12.7. The molecule has 116 valence electrons. The molecule has 2 aromatic carbocycles. The van der Waals surface area contributed by atoms with Crippen molar-refractivity contribution in [2.45, 2.75) is 31.6 Å². The van der Waals surface area contributed by atoms with Crippen molar-refractivity contribution in [2.75, 3.05) is 0 Å². The van der Waals surface area contributed by atoms with E-state index in [9.17, 15) is 4.79 Å². The maximum atomic E-state index is 12.7. The first-order valence-electron chi connectivity index (χ1n) is 8.73. The lowest BCUT2D eigenvalue weighted by Crippen LogP contribution is -2.34. The number of carbonyl (C=O) groups excluding carboxylic acids is 1. The summed E-state index contributed by atoms with van der Waals surface area (Å²) in [5.41, 5.74) is 2.98. The summed E-state index contributed by atoms with van der Waals surface area (Å²) >= 11 is 0. The summed E-state index contributed by atoms with van der Waals surface area (Å²) in [6.07, 6.45) is 0.785. The first-order valence-corrected chi connectivity index (χ1v) is 8.73. The molecule has 5 rings (SSSR count). The maximum absolute atomic E-state index is 12.7. The Labute approximate surface area is 137 Å². The number of hydrogen-bond acceptors (Lipinski definition) is 1. The van der Waals surface area contributed by atoms with Crippen molar-refractivity contribution < 1.29 is 4.79 Å². The molecule has 3 saturated carbocycles. The second-order valence-corrected chi connectivity index (χ2v) is 8.18. The fourth-order valence-corrected chi connectivity index (χ4v) is 6.67. The van der Waals surface area contributed by atoms with E-state index in [1.807, 2.05) is 0 Å². The molecule has 0 amide bonds. The van der Waals surface area contributed by atoms with E-state index >= 15 is 0 Å². The van der Waals surface area contributed by atoms with Gasteiger partial charge in [-0.05, 0) is 34.3 Å².